The van der Waals surface area contributed by atoms with Crippen LogP contribution in [0.3, 0.4) is 0 Å². The maximum atomic E-state index is 12.9. The molecule has 0 radical (unpaired) electrons. The number of benzene rings is 2. The molecular formula is C21H28N4O4S. The van der Waals surface area contributed by atoms with Gasteiger partial charge in [-0.25, -0.2) is 13.2 Å². The van der Waals surface area contributed by atoms with E-state index in [4.69, 9.17) is 4.74 Å². The minimum atomic E-state index is -3.83. The highest BCUT2D eigenvalue weighted by atomic mass is 32.2. The molecule has 2 aromatic rings. The molecule has 30 heavy (non-hydrogen) atoms. The van der Waals surface area contributed by atoms with Gasteiger partial charge in [0.15, 0.2) is 0 Å². The topological polar surface area (TPSA) is 99.8 Å². The highest BCUT2D eigenvalue weighted by Crippen LogP contribution is 2.32. The molecule has 1 aliphatic heterocycles. The van der Waals surface area contributed by atoms with Crippen LogP contribution in [-0.4, -0.2) is 41.2 Å². The Bertz CT molecular complexity index is 971. The molecule has 1 saturated heterocycles. The van der Waals surface area contributed by atoms with E-state index in [0.29, 0.717) is 23.7 Å². The summed E-state index contributed by atoms with van der Waals surface area (Å²) >= 11 is 0. The van der Waals surface area contributed by atoms with Crippen LogP contribution in [-0.2, 0) is 10.0 Å². The van der Waals surface area contributed by atoms with E-state index in [9.17, 15) is 13.2 Å². The van der Waals surface area contributed by atoms with Gasteiger partial charge in [-0.05, 0) is 68.7 Å². The number of anilines is 3. The molecule has 0 aliphatic carbocycles. The molecule has 3 N–H and O–H groups in total. The number of methoxy groups -OCH3 is 1. The van der Waals surface area contributed by atoms with E-state index in [0.717, 1.165) is 31.6 Å². The molecule has 2 aromatic carbocycles. The Morgan fingerprint density at radius 1 is 1.07 bits per heavy atom. The Hall–Kier alpha value is -2.94. The van der Waals surface area contributed by atoms with E-state index >= 15 is 0 Å². The Morgan fingerprint density at radius 2 is 1.77 bits per heavy atom. The molecule has 0 saturated carbocycles. The van der Waals surface area contributed by atoms with Crippen LogP contribution < -0.4 is 25.0 Å². The summed E-state index contributed by atoms with van der Waals surface area (Å²) in [7, 11) is -2.28. The number of piperidine rings is 1. The average Bonchev–Trinajstić information content (AvgIpc) is 2.75. The zero-order valence-electron chi connectivity index (χ0n) is 17.3. The predicted molar refractivity (Wildman–Crippen MR) is 119 cm³/mol. The van der Waals surface area contributed by atoms with E-state index in [1.165, 1.54) is 12.5 Å². The first-order valence-electron chi connectivity index (χ1n) is 10.0. The first-order valence-corrected chi connectivity index (χ1v) is 11.5. The van der Waals surface area contributed by atoms with Crippen molar-refractivity contribution < 1.29 is 17.9 Å². The number of hydrogen-bond acceptors (Lipinski definition) is 5. The van der Waals surface area contributed by atoms with Gasteiger partial charge in [0.05, 0.1) is 23.4 Å². The van der Waals surface area contributed by atoms with Crippen molar-refractivity contribution >= 4 is 33.1 Å². The van der Waals surface area contributed by atoms with Gasteiger partial charge in [0.2, 0.25) is 0 Å². The number of urea groups is 1. The van der Waals surface area contributed by atoms with Crippen molar-refractivity contribution in [1.29, 1.82) is 0 Å². The molecule has 0 spiro atoms. The summed E-state index contributed by atoms with van der Waals surface area (Å²) in [5, 5.41) is 5.49. The van der Waals surface area contributed by atoms with Gasteiger partial charge in [0, 0.05) is 25.3 Å². The lowest BCUT2D eigenvalue weighted by molar-refractivity contribution is 0.252. The van der Waals surface area contributed by atoms with E-state index in [1.54, 1.807) is 43.5 Å². The van der Waals surface area contributed by atoms with Crippen molar-refractivity contribution in [2.24, 2.45) is 0 Å². The SMILES string of the molecule is CCNC(=O)Nc1cc(S(=O)(=O)Nc2ccc(OC)cc2)ccc1N1CCCCC1. The molecule has 162 valence electrons. The van der Waals surface area contributed by atoms with Crippen LogP contribution in [0.5, 0.6) is 5.75 Å². The van der Waals surface area contributed by atoms with Gasteiger partial charge in [-0.2, -0.15) is 0 Å². The molecule has 2 amide bonds. The number of ether oxygens (including phenoxy) is 1. The maximum Gasteiger partial charge on any atom is 0.319 e. The van der Waals surface area contributed by atoms with Gasteiger partial charge in [0.25, 0.3) is 10.0 Å². The molecule has 1 fully saturated rings. The lowest BCUT2D eigenvalue weighted by atomic mass is 10.1. The van der Waals surface area contributed by atoms with Crippen molar-refractivity contribution in [3.05, 3.63) is 42.5 Å². The van der Waals surface area contributed by atoms with Gasteiger partial charge in [-0.3, -0.25) is 4.72 Å². The van der Waals surface area contributed by atoms with Crippen molar-refractivity contribution in [3.63, 3.8) is 0 Å². The molecule has 1 aliphatic rings. The third-order valence-electron chi connectivity index (χ3n) is 4.90. The number of hydrogen-bond donors (Lipinski definition) is 3. The summed E-state index contributed by atoms with van der Waals surface area (Å²) in [6.07, 6.45) is 3.31. The number of nitrogens with zero attached hydrogens (tertiary/aromatic N) is 1. The second kappa shape index (κ2) is 9.71. The first kappa shape index (κ1) is 21.8. The van der Waals surface area contributed by atoms with Crippen molar-refractivity contribution in [1.82, 2.24) is 5.32 Å². The number of carbonyl (C=O) groups excluding carboxylic acids is 1. The van der Waals surface area contributed by atoms with Crippen LogP contribution in [0.15, 0.2) is 47.4 Å². The second-order valence-corrected chi connectivity index (χ2v) is 8.73. The van der Waals surface area contributed by atoms with E-state index in [1.807, 2.05) is 6.92 Å². The molecule has 0 atom stereocenters. The predicted octanol–water partition coefficient (Wildman–Crippen LogP) is 3.63. The molecule has 0 aromatic heterocycles. The van der Waals surface area contributed by atoms with Crippen LogP contribution in [0, 0.1) is 0 Å². The lowest BCUT2D eigenvalue weighted by Gasteiger charge is -2.30. The van der Waals surface area contributed by atoms with Crippen molar-refractivity contribution in [3.8, 4) is 5.75 Å². The molecule has 1 heterocycles. The Morgan fingerprint density at radius 3 is 2.40 bits per heavy atom. The molecule has 3 rings (SSSR count). The standard InChI is InChI=1S/C21H28N4O4S/c1-3-22-21(26)23-19-15-18(11-12-20(19)25-13-5-4-6-14-25)30(27,28)24-16-7-9-17(29-2)10-8-16/h7-12,15,24H,3-6,13-14H2,1-2H3,(H2,22,23,26). The monoisotopic (exact) mass is 432 g/mol. The van der Waals surface area contributed by atoms with Crippen LogP contribution in [0.4, 0.5) is 21.9 Å². The molecule has 0 bridgehead atoms. The molecule has 8 nitrogen and oxygen atoms in total. The zero-order valence-corrected chi connectivity index (χ0v) is 18.1. The first-order chi connectivity index (χ1) is 14.4. The van der Waals surface area contributed by atoms with Crippen LogP contribution in [0.2, 0.25) is 0 Å². The maximum absolute atomic E-state index is 12.9. The summed E-state index contributed by atoms with van der Waals surface area (Å²) in [5.74, 6) is 0.636. The fourth-order valence-electron chi connectivity index (χ4n) is 3.39. The number of amides is 2. The average molecular weight is 433 g/mol. The third-order valence-corrected chi connectivity index (χ3v) is 6.28. The van der Waals surface area contributed by atoms with Crippen LogP contribution >= 0.6 is 0 Å². The largest absolute Gasteiger partial charge is 0.497 e. The molecular weight excluding hydrogens is 404 g/mol. The van der Waals surface area contributed by atoms with Crippen molar-refractivity contribution in [2.75, 3.05) is 41.7 Å². The summed E-state index contributed by atoms with van der Waals surface area (Å²) in [5.41, 5.74) is 1.72. The normalized spacial score (nSPS) is 14.1. The van der Waals surface area contributed by atoms with Gasteiger partial charge in [-0.15, -0.1) is 0 Å². The minimum Gasteiger partial charge on any atom is -0.497 e. The zero-order chi connectivity index (χ0) is 21.6. The van der Waals surface area contributed by atoms with Gasteiger partial charge in [0.1, 0.15) is 5.75 Å². The summed E-state index contributed by atoms with van der Waals surface area (Å²) in [4.78, 5) is 14.4. The Labute approximate surface area is 177 Å². The lowest BCUT2D eigenvalue weighted by Crippen LogP contribution is -2.32. The highest BCUT2D eigenvalue weighted by molar-refractivity contribution is 7.92. The van der Waals surface area contributed by atoms with Gasteiger partial charge < -0.3 is 20.3 Å². The Kier molecular flexibility index (Phi) is 7.04. The summed E-state index contributed by atoms with van der Waals surface area (Å²) in [6.45, 7) is 4.05. The number of nitrogens with one attached hydrogen (secondary N) is 3. The molecule has 0 unspecified atom stereocenters. The second-order valence-electron chi connectivity index (χ2n) is 7.05. The quantitative estimate of drug-likeness (QED) is 0.620. The number of sulfonamides is 1. The number of rotatable bonds is 7. The highest BCUT2D eigenvalue weighted by Gasteiger charge is 2.21. The van der Waals surface area contributed by atoms with Crippen LogP contribution in [0.1, 0.15) is 26.2 Å². The fourth-order valence-corrected chi connectivity index (χ4v) is 4.48. The van der Waals surface area contributed by atoms with Crippen LogP contribution in [0.25, 0.3) is 0 Å². The van der Waals surface area contributed by atoms with E-state index in [-0.39, 0.29) is 10.9 Å². The summed E-state index contributed by atoms with van der Waals surface area (Å²) < 4.78 is 33.5. The summed E-state index contributed by atoms with van der Waals surface area (Å²) in [6, 6.07) is 11.1. The van der Waals surface area contributed by atoms with Crippen molar-refractivity contribution in [2.45, 2.75) is 31.1 Å². The smallest absolute Gasteiger partial charge is 0.319 e. The fraction of sp³-hybridized carbons (Fsp3) is 0.381. The van der Waals surface area contributed by atoms with E-state index < -0.39 is 10.0 Å². The minimum absolute atomic E-state index is 0.0749. The molecule has 9 heteroatoms. The van der Waals surface area contributed by atoms with Gasteiger partial charge >= 0.3 is 6.03 Å². The number of carbonyl (C=O) groups is 1. The van der Waals surface area contributed by atoms with E-state index in [2.05, 4.69) is 20.3 Å². The van der Waals surface area contributed by atoms with Gasteiger partial charge in [-0.1, -0.05) is 0 Å². The third kappa shape index (κ3) is 5.35. The Balaban J connectivity index is 1.89.